The Labute approximate surface area is 251 Å². The lowest BCUT2D eigenvalue weighted by molar-refractivity contribution is -0.141. The summed E-state index contributed by atoms with van der Waals surface area (Å²) in [6.45, 7) is 12.2. The van der Waals surface area contributed by atoms with Gasteiger partial charge in [0.05, 0.1) is 4.88 Å². The van der Waals surface area contributed by atoms with Crippen LogP contribution in [0.2, 0.25) is 0 Å². The summed E-state index contributed by atoms with van der Waals surface area (Å²) in [5.41, 5.74) is 4.20. The first kappa shape index (κ1) is 31.1. The smallest absolute Gasteiger partial charge is 0.325 e. The molecule has 0 saturated heterocycles. The molecule has 8 nitrogen and oxygen atoms in total. The number of carbonyl (C=O) groups excluding carboxylic acids is 2. The highest BCUT2D eigenvalue weighted by Gasteiger charge is 2.27. The van der Waals surface area contributed by atoms with Gasteiger partial charge in [0.25, 0.3) is 5.91 Å². The van der Waals surface area contributed by atoms with Gasteiger partial charge in [-0.05, 0) is 60.3 Å². The summed E-state index contributed by atoms with van der Waals surface area (Å²) in [5, 5.41) is 14.6. The summed E-state index contributed by atoms with van der Waals surface area (Å²) in [6, 6.07) is 9.13. The van der Waals surface area contributed by atoms with E-state index in [1.54, 1.807) is 6.07 Å². The molecule has 9 heteroatoms. The number of aliphatic carboxylic acids is 1. The molecular weight excluding hydrogens is 548 g/mol. The number of carboxylic acid groups (broad SMARTS) is 1. The number of amides is 2. The van der Waals surface area contributed by atoms with E-state index in [1.165, 1.54) is 23.8 Å². The molecule has 2 aromatic heterocycles. The molecule has 3 N–H and O–H groups in total. The molecule has 1 aliphatic carbocycles. The number of benzene rings is 1. The van der Waals surface area contributed by atoms with E-state index in [-0.39, 0.29) is 17.7 Å². The summed E-state index contributed by atoms with van der Waals surface area (Å²) in [5.74, 6) is -1.48. The van der Waals surface area contributed by atoms with Crippen molar-refractivity contribution in [3.05, 3.63) is 75.7 Å². The number of hydrogen-bond donors (Lipinski definition) is 3. The van der Waals surface area contributed by atoms with E-state index in [4.69, 9.17) is 0 Å². The molecule has 1 aromatic carbocycles. The van der Waals surface area contributed by atoms with Gasteiger partial charge in [-0.1, -0.05) is 65.0 Å². The molecule has 0 spiro atoms. The molecule has 42 heavy (non-hydrogen) atoms. The van der Waals surface area contributed by atoms with Crippen molar-refractivity contribution in [2.45, 2.75) is 84.7 Å². The van der Waals surface area contributed by atoms with Crippen LogP contribution in [-0.4, -0.2) is 44.9 Å². The van der Waals surface area contributed by atoms with Gasteiger partial charge in [-0.25, -0.2) is 9.97 Å². The average molecular weight is 589 g/mol. The quantitative estimate of drug-likeness (QED) is 0.281. The summed E-state index contributed by atoms with van der Waals surface area (Å²) in [7, 11) is 0. The first-order valence-corrected chi connectivity index (χ1v) is 15.1. The Kier molecular flexibility index (Phi) is 9.30. The van der Waals surface area contributed by atoms with Gasteiger partial charge in [-0.2, -0.15) is 0 Å². The second-order valence-corrected chi connectivity index (χ2v) is 13.9. The minimum absolute atomic E-state index is 0.104. The third-order valence-corrected chi connectivity index (χ3v) is 9.08. The monoisotopic (exact) mass is 588 g/mol. The molecule has 2 heterocycles. The Morgan fingerprint density at radius 3 is 2.21 bits per heavy atom. The van der Waals surface area contributed by atoms with E-state index < -0.39 is 24.0 Å². The van der Waals surface area contributed by atoms with Gasteiger partial charge in [0.1, 0.15) is 12.1 Å². The third-order valence-electron chi connectivity index (χ3n) is 7.57. The van der Waals surface area contributed by atoms with Crippen LogP contribution in [0.25, 0.3) is 17.0 Å². The number of carbonyl (C=O) groups is 3. The minimum Gasteiger partial charge on any atom is -0.480 e. The third kappa shape index (κ3) is 7.91. The maximum atomic E-state index is 13.1. The number of aromatic nitrogens is 2. The maximum Gasteiger partial charge on any atom is 0.325 e. The van der Waals surface area contributed by atoms with Crippen LogP contribution in [0.1, 0.15) is 86.5 Å². The SMILES string of the molecule is C[C@@H](NC(=O)[C@H](Cc1ccc(-c2ncc(C3=CCC(C)(C)CC3)cn2)cc1)NC(=O)c1ccc(C(C)(C)C)s1)C(=O)O. The van der Waals surface area contributed by atoms with Crippen LogP contribution >= 0.6 is 11.3 Å². The molecule has 0 fully saturated rings. The zero-order valence-electron chi connectivity index (χ0n) is 25.2. The highest BCUT2D eigenvalue weighted by molar-refractivity contribution is 7.14. The normalized spacial score (nSPS) is 16.2. The van der Waals surface area contributed by atoms with E-state index >= 15 is 0 Å². The molecule has 3 aromatic rings. The fourth-order valence-electron chi connectivity index (χ4n) is 4.68. The van der Waals surface area contributed by atoms with Crippen LogP contribution in [0.3, 0.4) is 0 Å². The zero-order chi connectivity index (χ0) is 30.7. The Hall–Kier alpha value is -3.85. The predicted molar refractivity (Wildman–Crippen MR) is 166 cm³/mol. The molecule has 2 atom stereocenters. The van der Waals surface area contributed by atoms with Crippen LogP contribution in [0.4, 0.5) is 0 Å². The fourth-order valence-corrected chi connectivity index (χ4v) is 5.65. The van der Waals surface area contributed by atoms with Gasteiger partial charge < -0.3 is 15.7 Å². The molecule has 2 amide bonds. The maximum absolute atomic E-state index is 13.1. The average Bonchev–Trinajstić information content (AvgIpc) is 3.45. The molecule has 0 unspecified atom stereocenters. The van der Waals surface area contributed by atoms with Gasteiger partial charge in [-0.15, -0.1) is 11.3 Å². The number of hydrogen-bond acceptors (Lipinski definition) is 6. The number of nitrogens with one attached hydrogen (secondary N) is 2. The number of carboxylic acids is 1. The molecule has 1 aliphatic rings. The summed E-state index contributed by atoms with van der Waals surface area (Å²) in [6.07, 6.45) is 9.43. The summed E-state index contributed by atoms with van der Waals surface area (Å²) >= 11 is 1.38. The molecule has 0 saturated carbocycles. The first-order chi connectivity index (χ1) is 19.7. The van der Waals surface area contributed by atoms with Crippen molar-refractivity contribution in [2.75, 3.05) is 0 Å². The van der Waals surface area contributed by atoms with Gasteiger partial charge in [0.2, 0.25) is 5.91 Å². The Bertz CT molecular complexity index is 1470. The highest BCUT2D eigenvalue weighted by atomic mass is 32.1. The van der Waals surface area contributed by atoms with Gasteiger partial charge in [-0.3, -0.25) is 14.4 Å². The first-order valence-electron chi connectivity index (χ1n) is 14.3. The fraction of sp³-hybridized carbons (Fsp3) is 0.424. The van der Waals surface area contributed by atoms with Crippen LogP contribution < -0.4 is 10.6 Å². The molecule has 0 bridgehead atoms. The van der Waals surface area contributed by atoms with Crippen molar-refractivity contribution in [1.29, 1.82) is 0 Å². The van der Waals surface area contributed by atoms with Crippen molar-refractivity contribution < 1.29 is 19.5 Å². The number of thiophene rings is 1. The van der Waals surface area contributed by atoms with E-state index in [2.05, 4.69) is 61.3 Å². The van der Waals surface area contributed by atoms with E-state index in [1.807, 2.05) is 42.7 Å². The second kappa shape index (κ2) is 12.6. The van der Waals surface area contributed by atoms with Crippen LogP contribution in [0, 0.1) is 5.41 Å². The molecule has 4 rings (SSSR count). The van der Waals surface area contributed by atoms with E-state index in [0.717, 1.165) is 40.8 Å². The summed E-state index contributed by atoms with van der Waals surface area (Å²) in [4.78, 5) is 48.3. The molecule has 0 aliphatic heterocycles. The Morgan fingerprint density at radius 2 is 1.67 bits per heavy atom. The molecule has 222 valence electrons. The predicted octanol–water partition coefficient (Wildman–Crippen LogP) is 6.03. The number of nitrogens with zero attached hydrogens (tertiary/aromatic N) is 2. The second-order valence-electron chi connectivity index (χ2n) is 12.8. The van der Waals surface area contributed by atoms with Crippen molar-refractivity contribution >= 4 is 34.7 Å². The van der Waals surface area contributed by atoms with Crippen molar-refractivity contribution in [1.82, 2.24) is 20.6 Å². The lowest BCUT2D eigenvalue weighted by Gasteiger charge is -2.28. The topological polar surface area (TPSA) is 121 Å². The molecule has 0 radical (unpaired) electrons. The van der Waals surface area contributed by atoms with Crippen LogP contribution in [-0.2, 0) is 21.4 Å². The largest absolute Gasteiger partial charge is 0.480 e. The summed E-state index contributed by atoms with van der Waals surface area (Å²) < 4.78 is 0. The van der Waals surface area contributed by atoms with E-state index in [9.17, 15) is 19.5 Å². The Morgan fingerprint density at radius 1 is 1.00 bits per heavy atom. The molecular formula is C33H40N4O4S. The van der Waals surface area contributed by atoms with Crippen LogP contribution in [0.15, 0.2) is 54.9 Å². The van der Waals surface area contributed by atoms with Crippen molar-refractivity contribution in [2.24, 2.45) is 5.41 Å². The highest BCUT2D eigenvalue weighted by Crippen LogP contribution is 2.37. The van der Waals surface area contributed by atoms with Crippen LogP contribution in [0.5, 0.6) is 0 Å². The number of allylic oxidation sites excluding steroid dienone is 2. The zero-order valence-corrected chi connectivity index (χ0v) is 26.0. The minimum atomic E-state index is -1.15. The van der Waals surface area contributed by atoms with Crippen molar-refractivity contribution in [3.63, 3.8) is 0 Å². The van der Waals surface area contributed by atoms with Crippen molar-refractivity contribution in [3.8, 4) is 11.4 Å². The van der Waals surface area contributed by atoms with Gasteiger partial charge >= 0.3 is 5.97 Å². The standard InChI is InChI=1S/C33H40N4O4S/c1-20(31(40)41)36-29(38)25(37-30(39)26-11-12-27(42-26)32(2,3)4)17-21-7-9-23(10-8-21)28-34-18-24(19-35-28)22-13-15-33(5,6)16-14-22/h7-13,18-20,25H,14-17H2,1-6H3,(H,36,38)(H,37,39)(H,40,41)/t20-,25+/m1/s1. The lowest BCUT2D eigenvalue weighted by Crippen LogP contribution is -2.51. The number of rotatable bonds is 9. The lowest BCUT2D eigenvalue weighted by atomic mass is 9.77. The Balaban J connectivity index is 1.48. The van der Waals surface area contributed by atoms with E-state index in [0.29, 0.717) is 16.1 Å². The van der Waals surface area contributed by atoms with Gasteiger partial charge in [0, 0.05) is 34.8 Å². The van der Waals surface area contributed by atoms with Gasteiger partial charge in [0.15, 0.2) is 5.82 Å².